The van der Waals surface area contributed by atoms with Gasteiger partial charge in [-0.2, -0.15) is 8.78 Å². The molecule has 112 valence electrons. The zero-order valence-electron chi connectivity index (χ0n) is 11.0. The van der Waals surface area contributed by atoms with Gasteiger partial charge in [-0.05, 0) is 30.7 Å². The van der Waals surface area contributed by atoms with Gasteiger partial charge in [-0.1, -0.05) is 15.9 Å². The van der Waals surface area contributed by atoms with Crippen LogP contribution in [0.1, 0.15) is 5.56 Å². The Morgan fingerprint density at radius 3 is 2.52 bits per heavy atom. The number of halogens is 4. The number of anilines is 3. The van der Waals surface area contributed by atoms with Crippen molar-refractivity contribution in [1.29, 1.82) is 0 Å². The minimum Gasteiger partial charge on any atom is -0.432 e. The highest BCUT2D eigenvalue weighted by Crippen LogP contribution is 2.32. The normalized spacial score (nSPS) is 10.8. The smallest absolute Gasteiger partial charge is 0.387 e. The average molecular weight is 361 g/mol. The van der Waals surface area contributed by atoms with Gasteiger partial charge in [0, 0.05) is 22.3 Å². The van der Waals surface area contributed by atoms with Gasteiger partial charge in [-0.15, -0.1) is 0 Å². The number of nitrogens with two attached hydrogens (primary N) is 1. The summed E-state index contributed by atoms with van der Waals surface area (Å²) in [6.45, 7) is -1.21. The summed E-state index contributed by atoms with van der Waals surface area (Å²) in [7, 11) is 0. The fourth-order valence-electron chi connectivity index (χ4n) is 1.83. The molecule has 0 bridgehead atoms. The molecule has 3 N–H and O–H groups in total. The minimum atomic E-state index is -3.11. The third-order valence-electron chi connectivity index (χ3n) is 2.64. The van der Waals surface area contributed by atoms with Gasteiger partial charge >= 0.3 is 6.61 Å². The second-order valence-corrected chi connectivity index (χ2v) is 5.31. The lowest BCUT2D eigenvalue weighted by Gasteiger charge is -2.13. The lowest BCUT2D eigenvalue weighted by atomic mass is 10.2. The quantitative estimate of drug-likeness (QED) is 0.768. The van der Waals surface area contributed by atoms with Crippen molar-refractivity contribution >= 4 is 33.0 Å². The Hall–Kier alpha value is -1.89. The first-order chi connectivity index (χ1) is 9.85. The van der Waals surface area contributed by atoms with E-state index < -0.39 is 18.2 Å². The Labute approximate surface area is 128 Å². The standard InChI is InChI=1S/C14H12BrF3N2O/c1-7-2-8(15)4-9(3-7)20-12-6-13(21-14(17)18)10(16)5-11(12)19/h2-6,14,20H,19H2,1H3. The lowest BCUT2D eigenvalue weighted by molar-refractivity contribution is -0.0521. The van der Waals surface area contributed by atoms with E-state index in [1.54, 1.807) is 6.07 Å². The van der Waals surface area contributed by atoms with Crippen LogP contribution in [0.4, 0.5) is 30.2 Å². The first-order valence-electron chi connectivity index (χ1n) is 5.93. The molecule has 0 aliphatic heterocycles. The van der Waals surface area contributed by atoms with Crippen molar-refractivity contribution in [3.8, 4) is 5.75 Å². The predicted octanol–water partition coefficient (Wildman–Crippen LogP) is 4.82. The predicted molar refractivity (Wildman–Crippen MR) is 79.6 cm³/mol. The summed E-state index contributed by atoms with van der Waals surface area (Å²) in [4.78, 5) is 0. The molecule has 3 nitrogen and oxygen atoms in total. The van der Waals surface area contributed by atoms with Gasteiger partial charge < -0.3 is 15.8 Å². The Balaban J connectivity index is 2.34. The molecule has 7 heteroatoms. The van der Waals surface area contributed by atoms with Crippen LogP contribution in [0.3, 0.4) is 0 Å². The summed E-state index contributed by atoms with van der Waals surface area (Å²) in [6.07, 6.45) is 0. The van der Waals surface area contributed by atoms with Crippen molar-refractivity contribution in [2.75, 3.05) is 11.1 Å². The van der Waals surface area contributed by atoms with Crippen molar-refractivity contribution in [1.82, 2.24) is 0 Å². The zero-order valence-corrected chi connectivity index (χ0v) is 12.5. The third kappa shape index (κ3) is 4.04. The van der Waals surface area contributed by atoms with Crippen molar-refractivity contribution in [2.24, 2.45) is 0 Å². The second kappa shape index (κ2) is 6.26. The number of hydrogen-bond donors (Lipinski definition) is 2. The van der Waals surface area contributed by atoms with E-state index in [2.05, 4.69) is 26.0 Å². The summed E-state index contributed by atoms with van der Waals surface area (Å²) in [5.74, 6) is -1.50. The molecule has 21 heavy (non-hydrogen) atoms. The number of nitrogens with one attached hydrogen (secondary N) is 1. The largest absolute Gasteiger partial charge is 0.432 e. The van der Waals surface area contributed by atoms with Crippen LogP contribution in [0, 0.1) is 12.7 Å². The van der Waals surface area contributed by atoms with Crippen LogP contribution in [0.5, 0.6) is 5.75 Å². The molecule has 2 aromatic carbocycles. The maximum atomic E-state index is 13.5. The van der Waals surface area contributed by atoms with E-state index in [0.717, 1.165) is 22.2 Å². The maximum absolute atomic E-state index is 13.5. The van der Waals surface area contributed by atoms with E-state index in [4.69, 9.17) is 5.73 Å². The molecule has 0 spiro atoms. The topological polar surface area (TPSA) is 47.3 Å². The van der Waals surface area contributed by atoms with Crippen molar-refractivity contribution in [3.63, 3.8) is 0 Å². The molecule has 0 aliphatic carbocycles. The molecule has 2 rings (SSSR count). The number of ether oxygens (including phenoxy) is 1. The number of nitrogen functional groups attached to an aromatic ring is 1. The lowest BCUT2D eigenvalue weighted by Crippen LogP contribution is -2.05. The van der Waals surface area contributed by atoms with E-state index in [9.17, 15) is 13.2 Å². The summed E-state index contributed by atoms with van der Waals surface area (Å²) in [5, 5.41) is 2.95. The fraction of sp³-hybridized carbons (Fsp3) is 0.143. The minimum absolute atomic E-state index is 0.0896. The van der Waals surface area contributed by atoms with Gasteiger partial charge in [0.2, 0.25) is 0 Å². The van der Waals surface area contributed by atoms with Crippen molar-refractivity contribution in [3.05, 3.63) is 46.2 Å². The molecular formula is C14H12BrF3N2O. The molecule has 0 aromatic heterocycles. The van der Waals surface area contributed by atoms with Crippen LogP contribution >= 0.6 is 15.9 Å². The van der Waals surface area contributed by atoms with Crippen LogP contribution in [0.15, 0.2) is 34.8 Å². The van der Waals surface area contributed by atoms with Crippen molar-refractivity contribution in [2.45, 2.75) is 13.5 Å². The fourth-order valence-corrected chi connectivity index (χ4v) is 2.44. The number of benzene rings is 2. The first kappa shape index (κ1) is 15.5. The molecule has 0 amide bonds. The van der Waals surface area contributed by atoms with Gasteiger partial charge in [0.25, 0.3) is 0 Å². The van der Waals surface area contributed by atoms with Gasteiger partial charge in [-0.25, -0.2) is 4.39 Å². The summed E-state index contributed by atoms with van der Waals surface area (Å²) >= 11 is 3.35. The highest BCUT2D eigenvalue weighted by atomic mass is 79.9. The Kier molecular flexibility index (Phi) is 4.62. The van der Waals surface area contributed by atoms with Gasteiger partial charge in [0.15, 0.2) is 11.6 Å². The summed E-state index contributed by atoms with van der Waals surface area (Å²) in [6, 6.07) is 7.56. The molecule has 0 saturated carbocycles. The highest BCUT2D eigenvalue weighted by molar-refractivity contribution is 9.10. The number of alkyl halides is 2. The van der Waals surface area contributed by atoms with Gasteiger partial charge in [0.1, 0.15) is 0 Å². The second-order valence-electron chi connectivity index (χ2n) is 4.39. The number of aryl methyl sites for hydroxylation is 1. The zero-order chi connectivity index (χ0) is 15.6. The average Bonchev–Trinajstić information content (AvgIpc) is 2.33. The van der Waals surface area contributed by atoms with Gasteiger partial charge in [-0.3, -0.25) is 0 Å². The molecule has 0 heterocycles. The van der Waals surface area contributed by atoms with E-state index in [1.807, 2.05) is 19.1 Å². The molecule has 0 atom stereocenters. The van der Waals surface area contributed by atoms with E-state index in [-0.39, 0.29) is 11.4 Å². The monoisotopic (exact) mass is 360 g/mol. The van der Waals surface area contributed by atoms with E-state index in [1.165, 1.54) is 0 Å². The van der Waals surface area contributed by atoms with Gasteiger partial charge in [0.05, 0.1) is 11.4 Å². The third-order valence-corrected chi connectivity index (χ3v) is 3.10. The molecule has 0 saturated heterocycles. The van der Waals surface area contributed by atoms with Crippen LogP contribution < -0.4 is 15.8 Å². The summed E-state index contributed by atoms with van der Waals surface area (Å²) in [5.41, 5.74) is 7.73. The van der Waals surface area contributed by atoms with E-state index in [0.29, 0.717) is 5.69 Å². The van der Waals surface area contributed by atoms with Crippen LogP contribution in [-0.4, -0.2) is 6.61 Å². The highest BCUT2D eigenvalue weighted by Gasteiger charge is 2.13. The first-order valence-corrected chi connectivity index (χ1v) is 6.72. The Morgan fingerprint density at radius 1 is 1.19 bits per heavy atom. The SMILES string of the molecule is Cc1cc(Br)cc(Nc2cc(OC(F)F)c(F)cc2N)c1. The van der Waals surface area contributed by atoms with Crippen LogP contribution in [0.2, 0.25) is 0 Å². The van der Waals surface area contributed by atoms with Crippen LogP contribution in [0.25, 0.3) is 0 Å². The van der Waals surface area contributed by atoms with Crippen LogP contribution in [-0.2, 0) is 0 Å². The number of hydrogen-bond acceptors (Lipinski definition) is 3. The Morgan fingerprint density at radius 2 is 1.90 bits per heavy atom. The molecule has 0 unspecified atom stereocenters. The van der Waals surface area contributed by atoms with Crippen molar-refractivity contribution < 1.29 is 17.9 Å². The summed E-state index contributed by atoms with van der Waals surface area (Å²) < 4.78 is 42.9. The molecule has 2 aromatic rings. The molecular weight excluding hydrogens is 349 g/mol. The molecule has 0 fully saturated rings. The maximum Gasteiger partial charge on any atom is 0.387 e. The number of rotatable bonds is 4. The Bertz CT molecular complexity index is 645. The molecule has 0 aliphatic rings. The van der Waals surface area contributed by atoms with E-state index >= 15 is 0 Å². The molecule has 0 radical (unpaired) electrons.